The lowest BCUT2D eigenvalue weighted by molar-refractivity contribution is -0.123. The molecule has 1 aliphatic rings. The molecule has 3 N–H and O–H groups in total. The lowest BCUT2D eigenvalue weighted by Gasteiger charge is -2.23. The van der Waals surface area contributed by atoms with Gasteiger partial charge < -0.3 is 15.4 Å². The molecular weight excluding hydrogens is 306 g/mol. The Balaban J connectivity index is 1.92. The number of anilines is 1. The summed E-state index contributed by atoms with van der Waals surface area (Å²) in [6.07, 6.45) is 0.971. The highest BCUT2D eigenvalue weighted by molar-refractivity contribution is 5.95. The van der Waals surface area contributed by atoms with Crippen LogP contribution >= 0.6 is 0 Å². The standard InChI is InChI=1S/C18H27N3O3/c1-11(2)7-8-19-18(23)13(4)20-12(3)14-5-6-16-15(9-14)21-17(22)10-24-16/h5-6,9,11-13,20H,7-8,10H2,1-4H3,(H,19,23)(H,21,22). The third-order valence-corrected chi connectivity index (χ3v) is 4.05. The van der Waals surface area contributed by atoms with Crippen LogP contribution in [-0.4, -0.2) is 31.0 Å². The molecule has 6 heteroatoms. The van der Waals surface area contributed by atoms with Crippen molar-refractivity contribution in [3.8, 4) is 5.75 Å². The van der Waals surface area contributed by atoms with Crippen LogP contribution in [0.3, 0.4) is 0 Å². The molecule has 2 rings (SSSR count). The Hall–Kier alpha value is -2.08. The molecule has 1 aliphatic heterocycles. The van der Waals surface area contributed by atoms with Crippen LogP contribution in [0.2, 0.25) is 0 Å². The molecule has 24 heavy (non-hydrogen) atoms. The van der Waals surface area contributed by atoms with Crippen molar-refractivity contribution < 1.29 is 14.3 Å². The zero-order chi connectivity index (χ0) is 17.7. The van der Waals surface area contributed by atoms with Gasteiger partial charge in [-0.1, -0.05) is 19.9 Å². The Bertz CT molecular complexity index is 601. The fraction of sp³-hybridized carbons (Fsp3) is 0.556. The molecule has 0 fully saturated rings. The van der Waals surface area contributed by atoms with Gasteiger partial charge in [-0.2, -0.15) is 0 Å². The van der Waals surface area contributed by atoms with Crippen LogP contribution in [0, 0.1) is 5.92 Å². The fourth-order valence-electron chi connectivity index (χ4n) is 2.55. The predicted molar refractivity (Wildman–Crippen MR) is 94.0 cm³/mol. The molecule has 132 valence electrons. The number of hydrogen-bond donors (Lipinski definition) is 3. The lowest BCUT2D eigenvalue weighted by atomic mass is 10.1. The number of benzene rings is 1. The SMILES string of the molecule is CC(C)CCNC(=O)C(C)NC(C)c1ccc2c(c1)NC(=O)CO2. The van der Waals surface area contributed by atoms with E-state index in [0.717, 1.165) is 12.0 Å². The van der Waals surface area contributed by atoms with E-state index in [1.807, 2.05) is 32.0 Å². The first-order chi connectivity index (χ1) is 11.4. The smallest absolute Gasteiger partial charge is 0.262 e. The molecule has 2 amide bonds. The Labute approximate surface area is 143 Å². The van der Waals surface area contributed by atoms with Gasteiger partial charge in [0, 0.05) is 12.6 Å². The molecule has 2 atom stereocenters. The third-order valence-electron chi connectivity index (χ3n) is 4.05. The van der Waals surface area contributed by atoms with Gasteiger partial charge in [0.05, 0.1) is 11.7 Å². The van der Waals surface area contributed by atoms with E-state index >= 15 is 0 Å². The van der Waals surface area contributed by atoms with Gasteiger partial charge in [-0.05, 0) is 43.9 Å². The van der Waals surface area contributed by atoms with Gasteiger partial charge >= 0.3 is 0 Å². The number of nitrogens with one attached hydrogen (secondary N) is 3. The second kappa shape index (κ2) is 8.15. The summed E-state index contributed by atoms with van der Waals surface area (Å²) in [5.41, 5.74) is 1.66. The number of hydrogen-bond acceptors (Lipinski definition) is 4. The number of ether oxygens (including phenoxy) is 1. The van der Waals surface area contributed by atoms with E-state index in [0.29, 0.717) is 23.9 Å². The van der Waals surface area contributed by atoms with Crippen LogP contribution in [0.25, 0.3) is 0 Å². The first kappa shape index (κ1) is 18.3. The van der Waals surface area contributed by atoms with E-state index in [2.05, 4.69) is 29.8 Å². The van der Waals surface area contributed by atoms with Gasteiger partial charge in [-0.3, -0.25) is 14.9 Å². The molecule has 0 radical (unpaired) electrons. The number of rotatable bonds is 7. The highest BCUT2D eigenvalue weighted by Crippen LogP contribution is 2.30. The molecule has 0 saturated carbocycles. The first-order valence-electron chi connectivity index (χ1n) is 8.47. The molecule has 0 aliphatic carbocycles. The van der Waals surface area contributed by atoms with Gasteiger partial charge in [0.1, 0.15) is 5.75 Å². The van der Waals surface area contributed by atoms with E-state index in [-0.39, 0.29) is 30.5 Å². The first-order valence-corrected chi connectivity index (χ1v) is 8.47. The van der Waals surface area contributed by atoms with Crippen LogP contribution in [-0.2, 0) is 9.59 Å². The van der Waals surface area contributed by atoms with E-state index < -0.39 is 0 Å². The zero-order valence-electron chi connectivity index (χ0n) is 14.8. The maximum Gasteiger partial charge on any atom is 0.262 e. The predicted octanol–water partition coefficient (Wildman–Crippen LogP) is 2.22. The number of amides is 2. The van der Waals surface area contributed by atoms with Crippen molar-refractivity contribution >= 4 is 17.5 Å². The number of fused-ring (bicyclic) bond motifs is 1. The largest absolute Gasteiger partial charge is 0.482 e. The van der Waals surface area contributed by atoms with Gasteiger partial charge in [-0.25, -0.2) is 0 Å². The van der Waals surface area contributed by atoms with Crippen molar-refractivity contribution in [1.82, 2.24) is 10.6 Å². The number of carbonyl (C=O) groups excluding carboxylic acids is 2. The quantitative estimate of drug-likeness (QED) is 0.715. The highest BCUT2D eigenvalue weighted by Gasteiger charge is 2.20. The molecule has 0 saturated heterocycles. The van der Waals surface area contributed by atoms with Crippen LogP contribution < -0.4 is 20.7 Å². The molecule has 0 aromatic heterocycles. The Morgan fingerprint density at radius 2 is 2.04 bits per heavy atom. The van der Waals surface area contributed by atoms with Gasteiger partial charge in [0.2, 0.25) is 5.91 Å². The molecule has 1 aromatic carbocycles. The van der Waals surface area contributed by atoms with Crippen LogP contribution in [0.5, 0.6) is 5.75 Å². The summed E-state index contributed by atoms with van der Waals surface area (Å²) in [6.45, 7) is 8.85. The summed E-state index contributed by atoms with van der Waals surface area (Å²) in [4.78, 5) is 23.5. The lowest BCUT2D eigenvalue weighted by Crippen LogP contribution is -2.43. The van der Waals surface area contributed by atoms with Gasteiger partial charge in [0.25, 0.3) is 5.91 Å². The summed E-state index contributed by atoms with van der Waals surface area (Å²) in [6, 6.07) is 5.34. The molecule has 1 heterocycles. The van der Waals surface area contributed by atoms with Crippen molar-refractivity contribution in [2.75, 3.05) is 18.5 Å². The molecule has 2 unspecified atom stereocenters. The second-order valence-electron chi connectivity index (χ2n) is 6.68. The topological polar surface area (TPSA) is 79.5 Å². The Morgan fingerprint density at radius 3 is 2.75 bits per heavy atom. The summed E-state index contributed by atoms with van der Waals surface area (Å²) in [5, 5.41) is 9.03. The normalized spacial score (nSPS) is 16.0. The molecule has 0 spiro atoms. The Morgan fingerprint density at radius 1 is 1.29 bits per heavy atom. The maximum absolute atomic E-state index is 12.1. The summed E-state index contributed by atoms with van der Waals surface area (Å²) in [7, 11) is 0. The van der Waals surface area contributed by atoms with Crippen molar-refractivity contribution in [1.29, 1.82) is 0 Å². The van der Waals surface area contributed by atoms with E-state index in [1.165, 1.54) is 0 Å². The molecule has 0 bridgehead atoms. The highest BCUT2D eigenvalue weighted by atomic mass is 16.5. The van der Waals surface area contributed by atoms with Gasteiger partial charge in [0.15, 0.2) is 6.61 Å². The Kier molecular flexibility index (Phi) is 6.20. The van der Waals surface area contributed by atoms with E-state index in [9.17, 15) is 9.59 Å². The monoisotopic (exact) mass is 333 g/mol. The molecule has 1 aromatic rings. The maximum atomic E-state index is 12.1. The minimum atomic E-state index is -0.297. The molecular formula is C18H27N3O3. The van der Waals surface area contributed by atoms with Crippen LogP contribution in [0.4, 0.5) is 5.69 Å². The van der Waals surface area contributed by atoms with Crippen molar-refractivity contribution in [3.05, 3.63) is 23.8 Å². The average molecular weight is 333 g/mol. The van der Waals surface area contributed by atoms with Crippen molar-refractivity contribution in [3.63, 3.8) is 0 Å². The van der Waals surface area contributed by atoms with Gasteiger partial charge in [-0.15, -0.1) is 0 Å². The van der Waals surface area contributed by atoms with Crippen LogP contribution in [0.1, 0.15) is 45.7 Å². The zero-order valence-corrected chi connectivity index (χ0v) is 14.8. The fourth-order valence-corrected chi connectivity index (χ4v) is 2.55. The minimum absolute atomic E-state index is 0.00269. The summed E-state index contributed by atoms with van der Waals surface area (Å²) < 4.78 is 5.36. The summed E-state index contributed by atoms with van der Waals surface area (Å²) in [5.74, 6) is 1.08. The van der Waals surface area contributed by atoms with Crippen molar-refractivity contribution in [2.24, 2.45) is 5.92 Å². The van der Waals surface area contributed by atoms with E-state index in [1.54, 1.807) is 0 Å². The summed E-state index contributed by atoms with van der Waals surface area (Å²) >= 11 is 0. The minimum Gasteiger partial charge on any atom is -0.482 e. The number of carbonyl (C=O) groups is 2. The van der Waals surface area contributed by atoms with Crippen molar-refractivity contribution in [2.45, 2.75) is 46.2 Å². The van der Waals surface area contributed by atoms with Crippen LogP contribution in [0.15, 0.2) is 18.2 Å². The second-order valence-corrected chi connectivity index (χ2v) is 6.68. The molecule has 6 nitrogen and oxygen atoms in total. The average Bonchev–Trinajstić information content (AvgIpc) is 2.53. The van der Waals surface area contributed by atoms with E-state index in [4.69, 9.17) is 4.74 Å². The third kappa shape index (κ3) is 4.96.